The van der Waals surface area contributed by atoms with Crippen LogP contribution in [0.1, 0.15) is 34.9 Å². The second-order valence-electron chi connectivity index (χ2n) is 8.12. The van der Waals surface area contributed by atoms with Gasteiger partial charge >= 0.3 is 0 Å². The molecule has 8 heteroatoms. The van der Waals surface area contributed by atoms with E-state index >= 15 is 0 Å². The van der Waals surface area contributed by atoms with Crippen LogP contribution in [0.15, 0.2) is 83.8 Å². The zero-order chi connectivity index (χ0) is 23.4. The van der Waals surface area contributed by atoms with Crippen molar-refractivity contribution in [2.45, 2.75) is 23.8 Å². The fourth-order valence-corrected chi connectivity index (χ4v) is 5.09. The average molecular weight is 469 g/mol. The number of hydrogen-bond acceptors (Lipinski definition) is 4. The zero-order valence-electron chi connectivity index (χ0n) is 17.9. The molecule has 3 aromatic rings. The Morgan fingerprint density at radius 2 is 1.55 bits per heavy atom. The topological polar surface area (TPSA) is 86.7 Å². The molecule has 1 fully saturated rings. The van der Waals surface area contributed by atoms with Crippen LogP contribution in [-0.2, 0) is 10.0 Å². The van der Waals surface area contributed by atoms with Gasteiger partial charge in [-0.3, -0.25) is 9.52 Å². The largest absolute Gasteiger partial charge is 0.388 e. The van der Waals surface area contributed by atoms with Crippen LogP contribution in [0, 0.1) is 11.7 Å². The second kappa shape index (κ2) is 9.72. The third-order valence-corrected chi connectivity index (χ3v) is 7.32. The van der Waals surface area contributed by atoms with Crippen LogP contribution in [0.25, 0.3) is 0 Å². The number of nitrogens with zero attached hydrogens (tertiary/aromatic N) is 1. The Balaban J connectivity index is 1.37. The number of rotatable bonds is 6. The van der Waals surface area contributed by atoms with Gasteiger partial charge in [-0.25, -0.2) is 12.8 Å². The Morgan fingerprint density at radius 1 is 0.939 bits per heavy atom. The number of sulfonamides is 1. The van der Waals surface area contributed by atoms with E-state index < -0.39 is 21.9 Å². The number of aliphatic hydroxyl groups is 1. The fourth-order valence-electron chi connectivity index (χ4n) is 4.03. The Bertz CT molecular complexity index is 1190. The predicted molar refractivity (Wildman–Crippen MR) is 124 cm³/mol. The number of halogens is 1. The lowest BCUT2D eigenvalue weighted by Crippen LogP contribution is -2.39. The number of likely N-dealkylation sites (tertiary alicyclic amines) is 1. The highest BCUT2D eigenvalue weighted by atomic mass is 32.2. The van der Waals surface area contributed by atoms with Gasteiger partial charge in [0.05, 0.1) is 11.0 Å². The molecule has 0 radical (unpaired) electrons. The number of carbonyl (C=O) groups excluding carboxylic acids is 1. The van der Waals surface area contributed by atoms with Crippen molar-refractivity contribution in [3.05, 3.63) is 95.8 Å². The minimum atomic E-state index is -3.86. The van der Waals surface area contributed by atoms with Crippen molar-refractivity contribution in [3.8, 4) is 0 Å². The third-order valence-electron chi connectivity index (χ3n) is 5.92. The van der Waals surface area contributed by atoms with Crippen molar-refractivity contribution in [1.29, 1.82) is 0 Å². The molecule has 0 spiro atoms. The van der Waals surface area contributed by atoms with Crippen LogP contribution >= 0.6 is 0 Å². The number of carbonyl (C=O) groups is 1. The number of piperidine rings is 1. The zero-order valence-corrected chi connectivity index (χ0v) is 18.7. The van der Waals surface area contributed by atoms with Crippen molar-refractivity contribution in [3.63, 3.8) is 0 Å². The van der Waals surface area contributed by atoms with Crippen molar-refractivity contribution >= 4 is 21.6 Å². The summed E-state index contributed by atoms with van der Waals surface area (Å²) in [4.78, 5) is 14.6. The van der Waals surface area contributed by atoms with Gasteiger partial charge in [-0.1, -0.05) is 30.3 Å². The van der Waals surface area contributed by atoms with Crippen molar-refractivity contribution in [2.24, 2.45) is 5.92 Å². The molecule has 1 heterocycles. The standard InChI is InChI=1S/C25H25FN2O4S/c26-21-8-10-22(11-9-21)27-33(31,32)23-12-6-20(7-13-23)25(30)28-16-14-19(15-17-28)24(29)18-4-2-1-3-5-18/h1-13,19,24,27,29H,14-17H2. The van der Waals surface area contributed by atoms with Gasteiger partial charge in [-0.05, 0) is 72.9 Å². The Morgan fingerprint density at radius 3 is 2.15 bits per heavy atom. The van der Waals surface area contributed by atoms with Gasteiger partial charge in [0.1, 0.15) is 5.82 Å². The highest BCUT2D eigenvalue weighted by molar-refractivity contribution is 7.92. The molecule has 2 N–H and O–H groups in total. The smallest absolute Gasteiger partial charge is 0.261 e. The highest BCUT2D eigenvalue weighted by Gasteiger charge is 2.28. The second-order valence-corrected chi connectivity index (χ2v) is 9.80. The van der Waals surface area contributed by atoms with E-state index in [1.807, 2.05) is 30.3 Å². The average Bonchev–Trinajstić information content (AvgIpc) is 2.85. The summed E-state index contributed by atoms with van der Waals surface area (Å²) in [5, 5.41) is 10.6. The molecule has 1 aliphatic rings. The summed E-state index contributed by atoms with van der Waals surface area (Å²) in [6, 6.07) is 20.3. The third kappa shape index (κ3) is 5.40. The van der Waals surface area contributed by atoms with Gasteiger partial charge in [0, 0.05) is 24.3 Å². The number of hydrogen-bond donors (Lipinski definition) is 2. The maximum atomic E-state index is 13.0. The molecule has 0 bridgehead atoms. The van der Waals surface area contributed by atoms with E-state index in [1.165, 1.54) is 48.5 Å². The molecule has 1 amide bonds. The number of nitrogens with one attached hydrogen (secondary N) is 1. The minimum absolute atomic E-state index is 0.00747. The van der Waals surface area contributed by atoms with Gasteiger partial charge < -0.3 is 10.0 Å². The van der Waals surface area contributed by atoms with Crippen molar-refractivity contribution in [2.75, 3.05) is 17.8 Å². The molecule has 3 aromatic carbocycles. The molecule has 1 atom stereocenters. The van der Waals surface area contributed by atoms with Crippen LogP contribution in [0.2, 0.25) is 0 Å². The summed E-state index contributed by atoms with van der Waals surface area (Å²) in [5.41, 5.74) is 1.53. The van der Waals surface area contributed by atoms with Gasteiger partial charge in [0.15, 0.2) is 0 Å². The summed E-state index contributed by atoms with van der Waals surface area (Å²) in [5.74, 6) is -0.543. The number of benzene rings is 3. The summed E-state index contributed by atoms with van der Waals surface area (Å²) < 4.78 is 40.5. The van der Waals surface area contributed by atoms with Crippen molar-refractivity contribution in [1.82, 2.24) is 4.90 Å². The van der Waals surface area contributed by atoms with Crippen LogP contribution in [0.5, 0.6) is 0 Å². The molecule has 1 saturated heterocycles. The first-order valence-corrected chi connectivity index (χ1v) is 12.2. The van der Waals surface area contributed by atoms with Gasteiger partial charge in [-0.15, -0.1) is 0 Å². The summed E-state index contributed by atoms with van der Waals surface area (Å²) in [7, 11) is -3.86. The lowest BCUT2D eigenvalue weighted by atomic mass is 9.87. The fraction of sp³-hybridized carbons (Fsp3) is 0.240. The van der Waals surface area contributed by atoms with E-state index in [0.29, 0.717) is 31.5 Å². The quantitative estimate of drug-likeness (QED) is 0.567. The van der Waals surface area contributed by atoms with E-state index in [4.69, 9.17) is 0 Å². The van der Waals surface area contributed by atoms with E-state index in [-0.39, 0.29) is 22.4 Å². The lowest BCUT2D eigenvalue weighted by molar-refractivity contribution is 0.0462. The summed E-state index contributed by atoms with van der Waals surface area (Å²) in [6.07, 6.45) is 0.827. The minimum Gasteiger partial charge on any atom is -0.388 e. The Labute approximate surface area is 192 Å². The summed E-state index contributed by atoms with van der Waals surface area (Å²) in [6.45, 7) is 1.05. The first-order valence-electron chi connectivity index (χ1n) is 10.7. The molecule has 0 saturated carbocycles. The molecule has 1 aliphatic heterocycles. The summed E-state index contributed by atoms with van der Waals surface area (Å²) >= 11 is 0. The molecule has 172 valence electrons. The SMILES string of the molecule is O=C(c1ccc(S(=O)(=O)Nc2ccc(F)cc2)cc1)N1CCC(C(O)c2ccccc2)CC1. The first kappa shape index (κ1) is 22.9. The molecule has 1 unspecified atom stereocenters. The molecule has 6 nitrogen and oxygen atoms in total. The lowest BCUT2D eigenvalue weighted by Gasteiger charge is -2.34. The predicted octanol–water partition coefficient (Wildman–Crippen LogP) is 4.21. The van der Waals surface area contributed by atoms with E-state index in [0.717, 1.165) is 5.56 Å². The van der Waals surface area contributed by atoms with Crippen LogP contribution < -0.4 is 4.72 Å². The van der Waals surface area contributed by atoms with Crippen molar-refractivity contribution < 1.29 is 22.7 Å². The monoisotopic (exact) mass is 468 g/mol. The molecular weight excluding hydrogens is 443 g/mol. The Hall–Kier alpha value is -3.23. The molecule has 33 heavy (non-hydrogen) atoms. The molecule has 4 rings (SSSR count). The van der Waals surface area contributed by atoms with Gasteiger partial charge in [-0.2, -0.15) is 0 Å². The maximum absolute atomic E-state index is 13.0. The normalized spacial score (nSPS) is 15.8. The first-order chi connectivity index (χ1) is 15.8. The number of aliphatic hydroxyl groups excluding tert-OH is 1. The number of amides is 1. The molecule has 0 aliphatic carbocycles. The maximum Gasteiger partial charge on any atom is 0.261 e. The Kier molecular flexibility index (Phi) is 6.76. The van der Waals surface area contributed by atoms with Gasteiger partial charge in [0.25, 0.3) is 15.9 Å². The van der Waals surface area contributed by atoms with E-state index in [2.05, 4.69) is 4.72 Å². The highest BCUT2D eigenvalue weighted by Crippen LogP contribution is 2.31. The van der Waals surface area contributed by atoms with Crippen LogP contribution in [0.3, 0.4) is 0 Å². The number of anilines is 1. The van der Waals surface area contributed by atoms with Crippen LogP contribution in [0.4, 0.5) is 10.1 Å². The van der Waals surface area contributed by atoms with E-state index in [9.17, 15) is 22.7 Å². The van der Waals surface area contributed by atoms with E-state index in [1.54, 1.807) is 4.90 Å². The molecular formula is C25H25FN2O4S. The van der Waals surface area contributed by atoms with Crippen LogP contribution in [-0.4, -0.2) is 37.4 Å². The molecule has 0 aromatic heterocycles. The van der Waals surface area contributed by atoms with Gasteiger partial charge in [0.2, 0.25) is 0 Å².